The van der Waals surface area contributed by atoms with Gasteiger partial charge in [0.15, 0.2) is 0 Å². The van der Waals surface area contributed by atoms with Crippen molar-refractivity contribution in [2.45, 2.75) is 0 Å². The zero-order valence-electron chi connectivity index (χ0n) is 10.1. The Morgan fingerprint density at radius 1 is 0.895 bits per heavy atom. The molecule has 2 aromatic carbocycles. The van der Waals surface area contributed by atoms with Crippen molar-refractivity contribution < 1.29 is 0 Å². The van der Waals surface area contributed by atoms with Gasteiger partial charge in [-0.3, -0.25) is 0 Å². The molecule has 19 heavy (non-hydrogen) atoms. The fraction of sp³-hybridized carbons (Fsp3) is 0. The lowest BCUT2D eigenvalue weighted by molar-refractivity contribution is 1.47. The summed E-state index contributed by atoms with van der Waals surface area (Å²) in [5, 5.41) is 0.979. The molecule has 1 nitrogen and oxygen atoms in total. The highest BCUT2D eigenvalue weighted by molar-refractivity contribution is 7.21. The normalized spacial score (nSPS) is 10.0. The second kappa shape index (κ2) is 4.61. The molecule has 1 aromatic heterocycles. The van der Waals surface area contributed by atoms with E-state index in [2.05, 4.69) is 16.8 Å². The molecule has 0 aliphatic carbocycles. The molecule has 88 valence electrons. The number of hydrogen-bond acceptors (Lipinski definition) is 2. The highest BCUT2D eigenvalue weighted by Crippen LogP contribution is 2.30. The van der Waals surface area contributed by atoms with Gasteiger partial charge in [-0.15, -0.1) is 24.2 Å². The highest BCUT2D eigenvalue weighted by Gasteiger charge is 2.06. The predicted molar refractivity (Wildman–Crippen MR) is 80.9 cm³/mol. The van der Waals surface area contributed by atoms with Crippen LogP contribution < -0.4 is 0 Å². The maximum Gasteiger partial charge on any atom is 0.124 e. The molecule has 1 heterocycles. The lowest BCUT2D eigenvalue weighted by Crippen LogP contribution is -1.78. The number of aromatic nitrogens is 1. The predicted octanol–water partition coefficient (Wildman–Crippen LogP) is 3.93. The van der Waals surface area contributed by atoms with Crippen molar-refractivity contribution in [3.63, 3.8) is 0 Å². The van der Waals surface area contributed by atoms with Crippen LogP contribution in [0.25, 0.3) is 20.8 Å². The minimum Gasteiger partial charge on any atom is -0.236 e. The van der Waals surface area contributed by atoms with Crippen LogP contribution >= 0.6 is 11.3 Å². The van der Waals surface area contributed by atoms with Crippen molar-refractivity contribution in [2.75, 3.05) is 0 Å². The molecule has 2 heteroatoms. The average molecular weight is 259 g/mol. The molecule has 0 saturated heterocycles. The van der Waals surface area contributed by atoms with E-state index in [-0.39, 0.29) is 0 Å². The van der Waals surface area contributed by atoms with Crippen LogP contribution in [0.1, 0.15) is 11.1 Å². The van der Waals surface area contributed by atoms with E-state index in [0.717, 1.165) is 31.9 Å². The molecule has 0 saturated carbocycles. The summed E-state index contributed by atoms with van der Waals surface area (Å²) in [4.78, 5) is 4.62. The maximum absolute atomic E-state index is 5.40. The van der Waals surface area contributed by atoms with Gasteiger partial charge in [0.1, 0.15) is 5.01 Å². The van der Waals surface area contributed by atoms with Crippen molar-refractivity contribution in [3.8, 4) is 35.3 Å². The third kappa shape index (κ3) is 2.10. The third-order valence-electron chi connectivity index (χ3n) is 2.85. The van der Waals surface area contributed by atoms with Gasteiger partial charge in [0.2, 0.25) is 0 Å². The van der Waals surface area contributed by atoms with Crippen LogP contribution in [-0.4, -0.2) is 4.98 Å². The van der Waals surface area contributed by atoms with Gasteiger partial charge in [-0.1, -0.05) is 24.0 Å². The quantitative estimate of drug-likeness (QED) is 0.603. The van der Waals surface area contributed by atoms with Crippen molar-refractivity contribution in [1.82, 2.24) is 4.98 Å². The Labute approximate surface area is 115 Å². The smallest absolute Gasteiger partial charge is 0.124 e. The Bertz CT molecular complexity index is 826. The van der Waals surface area contributed by atoms with E-state index < -0.39 is 0 Å². The minimum absolute atomic E-state index is 0.854. The van der Waals surface area contributed by atoms with E-state index in [9.17, 15) is 0 Å². The molecule has 3 rings (SSSR count). The second-order valence-corrected chi connectivity index (χ2v) is 5.10. The fourth-order valence-electron chi connectivity index (χ4n) is 1.85. The lowest BCUT2D eigenvalue weighted by atomic mass is 10.1. The highest BCUT2D eigenvalue weighted by atomic mass is 32.1. The van der Waals surface area contributed by atoms with Gasteiger partial charge in [-0.05, 0) is 30.3 Å². The summed E-state index contributed by atoms with van der Waals surface area (Å²) in [6, 6.07) is 13.7. The molecular weight excluding hydrogens is 250 g/mol. The summed E-state index contributed by atoms with van der Waals surface area (Å²) in [5.74, 6) is 5.23. The lowest BCUT2D eigenvalue weighted by Gasteiger charge is -1.95. The Kier molecular flexibility index (Phi) is 2.80. The van der Waals surface area contributed by atoms with E-state index in [1.54, 1.807) is 11.3 Å². The van der Waals surface area contributed by atoms with Gasteiger partial charge in [0.25, 0.3) is 0 Å². The van der Waals surface area contributed by atoms with Gasteiger partial charge in [-0.25, -0.2) is 4.98 Å². The molecule has 0 N–H and O–H groups in total. The van der Waals surface area contributed by atoms with Gasteiger partial charge in [0, 0.05) is 16.7 Å². The molecule has 0 bridgehead atoms. The number of terminal acetylenes is 2. The first-order chi connectivity index (χ1) is 9.30. The van der Waals surface area contributed by atoms with E-state index in [1.165, 1.54) is 0 Å². The van der Waals surface area contributed by atoms with Gasteiger partial charge in [-0.2, -0.15) is 0 Å². The Morgan fingerprint density at radius 2 is 1.58 bits per heavy atom. The molecule has 0 unspecified atom stereocenters. The van der Waals surface area contributed by atoms with Gasteiger partial charge in [0.05, 0.1) is 10.2 Å². The zero-order valence-corrected chi connectivity index (χ0v) is 10.9. The first-order valence-electron chi connectivity index (χ1n) is 5.74. The van der Waals surface area contributed by atoms with E-state index in [4.69, 9.17) is 12.8 Å². The number of nitrogens with zero attached hydrogens (tertiary/aromatic N) is 1. The Balaban J connectivity index is 2.10. The van der Waals surface area contributed by atoms with Crippen LogP contribution in [0.5, 0.6) is 0 Å². The van der Waals surface area contributed by atoms with Crippen LogP contribution in [0.3, 0.4) is 0 Å². The van der Waals surface area contributed by atoms with Crippen molar-refractivity contribution in [3.05, 3.63) is 53.6 Å². The molecule has 3 aromatic rings. The van der Waals surface area contributed by atoms with Crippen LogP contribution in [0.2, 0.25) is 0 Å². The van der Waals surface area contributed by atoms with Crippen LogP contribution in [0.4, 0.5) is 0 Å². The molecule has 0 aliphatic rings. The Hall–Kier alpha value is -2.55. The average Bonchev–Trinajstić information content (AvgIpc) is 2.90. The van der Waals surface area contributed by atoms with Crippen molar-refractivity contribution in [2.24, 2.45) is 0 Å². The summed E-state index contributed by atoms with van der Waals surface area (Å²) in [6.45, 7) is 0. The summed E-state index contributed by atoms with van der Waals surface area (Å²) in [7, 11) is 0. The topological polar surface area (TPSA) is 12.9 Å². The number of hydrogen-bond donors (Lipinski definition) is 0. The minimum atomic E-state index is 0.854. The summed E-state index contributed by atoms with van der Waals surface area (Å²) >= 11 is 1.65. The first-order valence-corrected chi connectivity index (χ1v) is 6.56. The molecule has 0 atom stereocenters. The molecule has 0 aliphatic heterocycles. The summed E-state index contributed by atoms with van der Waals surface area (Å²) < 4.78 is 1.13. The SMILES string of the molecule is C#Cc1ccc(-c2nc3cc(C#C)ccc3s2)cc1. The largest absolute Gasteiger partial charge is 0.236 e. The molecule has 0 amide bonds. The third-order valence-corrected chi connectivity index (χ3v) is 3.94. The second-order valence-electron chi connectivity index (χ2n) is 4.07. The first kappa shape index (κ1) is 11.5. The Morgan fingerprint density at radius 3 is 2.26 bits per heavy atom. The standard InChI is InChI=1S/C17H9NS/c1-3-12-5-8-14(9-6-12)17-18-15-11-13(4-2)7-10-16(15)19-17/h1-2,5-11H. The fourth-order valence-corrected chi connectivity index (χ4v) is 2.80. The van der Waals surface area contributed by atoms with Crippen molar-refractivity contribution >= 4 is 21.6 Å². The van der Waals surface area contributed by atoms with E-state index in [0.29, 0.717) is 0 Å². The van der Waals surface area contributed by atoms with Gasteiger partial charge < -0.3 is 0 Å². The van der Waals surface area contributed by atoms with Crippen molar-refractivity contribution in [1.29, 1.82) is 0 Å². The van der Waals surface area contributed by atoms with E-state index >= 15 is 0 Å². The zero-order chi connectivity index (χ0) is 13.2. The molecule has 0 spiro atoms. The van der Waals surface area contributed by atoms with E-state index in [1.807, 2.05) is 42.5 Å². The van der Waals surface area contributed by atoms with Crippen LogP contribution in [-0.2, 0) is 0 Å². The number of fused-ring (bicyclic) bond motifs is 1. The molecule has 0 radical (unpaired) electrons. The monoisotopic (exact) mass is 259 g/mol. The summed E-state index contributed by atoms with van der Waals surface area (Å²) in [5.41, 5.74) is 3.74. The van der Waals surface area contributed by atoms with Crippen LogP contribution in [0, 0.1) is 24.7 Å². The maximum atomic E-state index is 5.40. The number of rotatable bonds is 1. The molecule has 0 fully saturated rings. The summed E-state index contributed by atoms with van der Waals surface area (Å²) in [6.07, 6.45) is 10.7. The molecular formula is C17H9NS. The van der Waals surface area contributed by atoms with Crippen LogP contribution in [0.15, 0.2) is 42.5 Å². The van der Waals surface area contributed by atoms with Gasteiger partial charge >= 0.3 is 0 Å². The number of thiazole rings is 1. The number of benzene rings is 2.